The van der Waals surface area contributed by atoms with Crippen molar-refractivity contribution in [2.45, 2.75) is 20.4 Å². The van der Waals surface area contributed by atoms with Crippen LogP contribution in [-0.2, 0) is 11.3 Å². The normalized spacial score (nSPS) is 10.1. The Labute approximate surface area is 83.0 Å². The molecule has 0 saturated carbocycles. The number of nitrogens with zero attached hydrogens (tertiary/aromatic N) is 3. The van der Waals surface area contributed by atoms with Gasteiger partial charge in [0.15, 0.2) is 0 Å². The highest BCUT2D eigenvalue weighted by molar-refractivity contribution is 5.72. The zero-order chi connectivity index (χ0) is 10.6. The van der Waals surface area contributed by atoms with Gasteiger partial charge in [-0.2, -0.15) is 0 Å². The monoisotopic (exact) mass is 197 g/mol. The van der Waals surface area contributed by atoms with Crippen LogP contribution in [0.25, 0.3) is 0 Å². The van der Waals surface area contributed by atoms with Gasteiger partial charge in [-0.25, -0.2) is 4.98 Å². The maximum Gasteiger partial charge on any atom is 0.323 e. The van der Waals surface area contributed by atoms with E-state index >= 15 is 0 Å². The summed E-state index contributed by atoms with van der Waals surface area (Å²) in [4.78, 5) is 16.4. The van der Waals surface area contributed by atoms with Crippen molar-refractivity contribution in [2.24, 2.45) is 0 Å². The van der Waals surface area contributed by atoms with Crippen LogP contribution < -0.4 is 4.90 Å². The number of aromatic nitrogens is 2. The third-order valence-corrected chi connectivity index (χ3v) is 2.02. The van der Waals surface area contributed by atoms with E-state index in [1.54, 1.807) is 11.1 Å². The number of hydrogen-bond acceptors (Lipinski definition) is 3. The minimum absolute atomic E-state index is 0.00644. The van der Waals surface area contributed by atoms with Crippen molar-refractivity contribution in [1.82, 2.24) is 9.55 Å². The van der Waals surface area contributed by atoms with Gasteiger partial charge < -0.3 is 14.6 Å². The Kier molecular flexibility index (Phi) is 3.50. The van der Waals surface area contributed by atoms with Crippen LogP contribution in [0, 0.1) is 0 Å². The van der Waals surface area contributed by atoms with Crippen molar-refractivity contribution in [3.05, 3.63) is 12.4 Å². The minimum atomic E-state index is -0.836. The van der Waals surface area contributed by atoms with Gasteiger partial charge in [0.1, 0.15) is 6.54 Å². The standard InChI is InChI=1S/C9H15N3O2/c1-3-11-6-5-10-9(11)12(4-2)7-8(13)14/h5-6H,3-4,7H2,1-2H3,(H,13,14). The Hall–Kier alpha value is -1.52. The van der Waals surface area contributed by atoms with Gasteiger partial charge in [0, 0.05) is 25.5 Å². The molecule has 1 heterocycles. The molecular formula is C9H15N3O2. The Morgan fingerprint density at radius 1 is 1.64 bits per heavy atom. The molecule has 0 fully saturated rings. The second kappa shape index (κ2) is 4.64. The van der Waals surface area contributed by atoms with E-state index in [1.807, 2.05) is 24.6 Å². The van der Waals surface area contributed by atoms with E-state index in [4.69, 9.17) is 5.11 Å². The van der Waals surface area contributed by atoms with Crippen molar-refractivity contribution < 1.29 is 9.90 Å². The number of carboxylic acids is 1. The number of rotatable bonds is 5. The summed E-state index contributed by atoms with van der Waals surface area (Å²) in [6, 6.07) is 0. The van der Waals surface area contributed by atoms with E-state index in [0.717, 1.165) is 12.5 Å². The first kappa shape index (κ1) is 10.6. The molecule has 5 heteroatoms. The van der Waals surface area contributed by atoms with Crippen molar-refractivity contribution in [2.75, 3.05) is 18.0 Å². The number of hydrogen-bond donors (Lipinski definition) is 1. The van der Waals surface area contributed by atoms with Crippen molar-refractivity contribution >= 4 is 11.9 Å². The number of aryl methyl sites for hydroxylation is 1. The van der Waals surface area contributed by atoms with Crippen LogP contribution in [0.15, 0.2) is 12.4 Å². The van der Waals surface area contributed by atoms with Crippen molar-refractivity contribution in [1.29, 1.82) is 0 Å². The van der Waals surface area contributed by atoms with E-state index in [9.17, 15) is 4.79 Å². The predicted octanol–water partition coefficient (Wildman–Crippen LogP) is 0.814. The summed E-state index contributed by atoms with van der Waals surface area (Å²) in [7, 11) is 0. The molecule has 78 valence electrons. The number of anilines is 1. The molecule has 5 nitrogen and oxygen atoms in total. The van der Waals surface area contributed by atoms with Gasteiger partial charge in [0.25, 0.3) is 0 Å². The molecule has 0 aliphatic heterocycles. The van der Waals surface area contributed by atoms with Gasteiger partial charge in [0.2, 0.25) is 5.95 Å². The molecule has 0 bridgehead atoms. The summed E-state index contributed by atoms with van der Waals surface area (Å²) >= 11 is 0. The molecule has 0 aliphatic carbocycles. The highest BCUT2D eigenvalue weighted by Crippen LogP contribution is 2.10. The lowest BCUT2D eigenvalue weighted by Crippen LogP contribution is -2.31. The number of carbonyl (C=O) groups is 1. The molecule has 0 radical (unpaired) electrons. The Bertz CT molecular complexity index is 309. The summed E-state index contributed by atoms with van der Waals surface area (Å²) < 4.78 is 1.92. The first-order chi connectivity index (χ1) is 6.69. The second-order valence-electron chi connectivity index (χ2n) is 2.92. The maximum atomic E-state index is 10.6. The number of carboxylic acid groups (broad SMARTS) is 1. The van der Waals surface area contributed by atoms with Gasteiger partial charge in [-0.05, 0) is 13.8 Å². The Balaban J connectivity index is 2.82. The van der Waals surface area contributed by atoms with E-state index in [-0.39, 0.29) is 6.54 Å². The summed E-state index contributed by atoms with van der Waals surface area (Å²) in [5.41, 5.74) is 0. The zero-order valence-electron chi connectivity index (χ0n) is 8.47. The number of aliphatic carboxylic acids is 1. The predicted molar refractivity (Wildman–Crippen MR) is 53.4 cm³/mol. The molecule has 1 aromatic heterocycles. The smallest absolute Gasteiger partial charge is 0.323 e. The molecule has 1 aromatic rings. The average Bonchev–Trinajstić information content (AvgIpc) is 2.61. The lowest BCUT2D eigenvalue weighted by Gasteiger charge is -2.20. The van der Waals surface area contributed by atoms with Crippen LogP contribution in [-0.4, -0.2) is 33.7 Å². The van der Waals surface area contributed by atoms with Gasteiger partial charge in [-0.1, -0.05) is 0 Å². The summed E-state index contributed by atoms with van der Waals surface area (Å²) in [6.07, 6.45) is 3.53. The first-order valence-electron chi connectivity index (χ1n) is 4.66. The molecule has 0 unspecified atom stereocenters. The molecule has 0 aliphatic rings. The molecule has 0 amide bonds. The molecule has 1 rings (SSSR count). The molecule has 0 spiro atoms. The number of imidazole rings is 1. The minimum Gasteiger partial charge on any atom is -0.480 e. The topological polar surface area (TPSA) is 58.4 Å². The Morgan fingerprint density at radius 2 is 2.36 bits per heavy atom. The highest BCUT2D eigenvalue weighted by Gasteiger charge is 2.12. The van der Waals surface area contributed by atoms with E-state index in [0.29, 0.717) is 6.54 Å². The summed E-state index contributed by atoms with van der Waals surface area (Å²) in [5, 5.41) is 8.70. The molecule has 1 N–H and O–H groups in total. The zero-order valence-corrected chi connectivity index (χ0v) is 8.47. The fourth-order valence-electron chi connectivity index (χ4n) is 1.32. The van der Waals surface area contributed by atoms with Crippen molar-refractivity contribution in [3.63, 3.8) is 0 Å². The fraction of sp³-hybridized carbons (Fsp3) is 0.556. The summed E-state index contributed by atoms with van der Waals surface area (Å²) in [6.45, 7) is 5.35. The average molecular weight is 197 g/mol. The SMILES string of the molecule is CCN(CC(=O)O)c1nccn1CC. The van der Waals surface area contributed by atoms with Gasteiger partial charge >= 0.3 is 5.97 Å². The lowest BCUT2D eigenvalue weighted by molar-refractivity contribution is -0.135. The Morgan fingerprint density at radius 3 is 2.86 bits per heavy atom. The van der Waals surface area contributed by atoms with Crippen LogP contribution in [0.2, 0.25) is 0 Å². The van der Waals surface area contributed by atoms with Crippen LogP contribution >= 0.6 is 0 Å². The van der Waals surface area contributed by atoms with Crippen LogP contribution in [0.4, 0.5) is 5.95 Å². The van der Waals surface area contributed by atoms with Crippen LogP contribution in [0.5, 0.6) is 0 Å². The van der Waals surface area contributed by atoms with Crippen LogP contribution in [0.1, 0.15) is 13.8 Å². The molecular weight excluding hydrogens is 182 g/mol. The summed E-state index contributed by atoms with van der Waals surface area (Å²) in [5.74, 6) is -0.116. The largest absolute Gasteiger partial charge is 0.480 e. The quantitative estimate of drug-likeness (QED) is 0.759. The van der Waals surface area contributed by atoms with Gasteiger partial charge in [0.05, 0.1) is 0 Å². The van der Waals surface area contributed by atoms with Crippen LogP contribution in [0.3, 0.4) is 0 Å². The maximum absolute atomic E-state index is 10.6. The third kappa shape index (κ3) is 2.25. The second-order valence-corrected chi connectivity index (χ2v) is 2.92. The highest BCUT2D eigenvalue weighted by atomic mass is 16.4. The van der Waals surface area contributed by atoms with E-state index in [2.05, 4.69) is 4.98 Å². The fourth-order valence-corrected chi connectivity index (χ4v) is 1.32. The van der Waals surface area contributed by atoms with E-state index in [1.165, 1.54) is 0 Å². The molecule has 0 atom stereocenters. The molecule has 0 saturated heterocycles. The van der Waals surface area contributed by atoms with Gasteiger partial charge in [-0.3, -0.25) is 4.79 Å². The lowest BCUT2D eigenvalue weighted by atomic mass is 10.5. The van der Waals surface area contributed by atoms with E-state index < -0.39 is 5.97 Å². The van der Waals surface area contributed by atoms with Gasteiger partial charge in [-0.15, -0.1) is 0 Å². The third-order valence-electron chi connectivity index (χ3n) is 2.02. The first-order valence-corrected chi connectivity index (χ1v) is 4.66. The van der Waals surface area contributed by atoms with Crippen molar-refractivity contribution in [3.8, 4) is 0 Å². The molecule has 0 aromatic carbocycles. The number of likely N-dealkylation sites (N-methyl/N-ethyl adjacent to an activating group) is 1. The molecule has 14 heavy (non-hydrogen) atoms.